The second-order valence-electron chi connectivity index (χ2n) is 6.88. The van der Waals surface area contributed by atoms with Gasteiger partial charge in [0, 0.05) is 42.8 Å². The molecule has 150 valence electrons. The molecule has 0 aliphatic heterocycles. The number of rotatable bonds is 8. The van der Waals surface area contributed by atoms with Crippen LogP contribution in [0, 0.1) is 20.8 Å². The molecule has 3 heterocycles. The van der Waals surface area contributed by atoms with Gasteiger partial charge in [0.25, 0.3) is 0 Å². The molecule has 0 aliphatic rings. The summed E-state index contributed by atoms with van der Waals surface area (Å²) in [5.41, 5.74) is 5.45. The van der Waals surface area contributed by atoms with Crippen LogP contribution in [0.4, 0.5) is 5.69 Å². The molecule has 2 N–H and O–H groups in total. The van der Waals surface area contributed by atoms with Crippen molar-refractivity contribution < 1.29 is 0 Å². The van der Waals surface area contributed by atoms with Crippen molar-refractivity contribution in [1.82, 2.24) is 34.7 Å². The average Bonchev–Trinajstić information content (AvgIpc) is 3.33. The zero-order chi connectivity index (χ0) is 20.1. The van der Waals surface area contributed by atoms with Crippen molar-refractivity contribution in [3.05, 3.63) is 47.3 Å². The Bertz CT molecular complexity index is 936. The zero-order valence-corrected chi connectivity index (χ0v) is 17.8. The number of anilines is 1. The first kappa shape index (κ1) is 20.1. The van der Waals surface area contributed by atoms with Crippen molar-refractivity contribution in [3.63, 3.8) is 0 Å². The molecule has 0 atom stereocenters. The first-order chi connectivity index (χ1) is 13.5. The molecule has 28 heavy (non-hydrogen) atoms. The van der Waals surface area contributed by atoms with Crippen LogP contribution in [0.15, 0.2) is 24.7 Å². The molecule has 3 aromatic rings. The van der Waals surface area contributed by atoms with Gasteiger partial charge in [-0.1, -0.05) is 0 Å². The van der Waals surface area contributed by atoms with Crippen molar-refractivity contribution in [2.75, 3.05) is 11.9 Å². The highest BCUT2D eigenvalue weighted by Crippen LogP contribution is 2.11. The number of aryl methyl sites for hydroxylation is 4. The van der Waals surface area contributed by atoms with Crippen LogP contribution in [0.2, 0.25) is 0 Å². The van der Waals surface area contributed by atoms with Crippen LogP contribution in [0.3, 0.4) is 0 Å². The van der Waals surface area contributed by atoms with E-state index in [0.717, 1.165) is 37.4 Å². The van der Waals surface area contributed by atoms with E-state index >= 15 is 0 Å². The number of hydrogen-bond acceptors (Lipinski definition) is 4. The van der Waals surface area contributed by atoms with Gasteiger partial charge in [-0.05, 0) is 52.4 Å². The summed E-state index contributed by atoms with van der Waals surface area (Å²) in [4.78, 5) is 0. The lowest BCUT2D eigenvalue weighted by Crippen LogP contribution is -2.29. The summed E-state index contributed by atoms with van der Waals surface area (Å²) in [5.74, 6) is 0. The Hall–Kier alpha value is -2.68. The summed E-state index contributed by atoms with van der Waals surface area (Å²) in [6.07, 6.45) is 6.59. The Labute approximate surface area is 170 Å². The Morgan fingerprint density at radius 2 is 1.96 bits per heavy atom. The standard InChI is InChI=1S/C19H28N8S/c1-5-26-16(4)17(10-22-26)12-25-13-18(11-21-25)23-19(28)20-7-6-8-27-15(3)9-14(2)24-27/h9-11,13H,5-8,12H2,1-4H3,(H2,20,23,28). The van der Waals surface area contributed by atoms with E-state index < -0.39 is 0 Å². The summed E-state index contributed by atoms with van der Waals surface area (Å²) in [6.45, 7) is 11.5. The van der Waals surface area contributed by atoms with E-state index in [1.165, 1.54) is 17.0 Å². The molecular formula is C19H28N8S. The molecule has 0 saturated heterocycles. The van der Waals surface area contributed by atoms with E-state index in [0.29, 0.717) is 11.7 Å². The molecule has 0 amide bonds. The van der Waals surface area contributed by atoms with Crippen molar-refractivity contribution in [2.24, 2.45) is 0 Å². The maximum Gasteiger partial charge on any atom is 0.170 e. The largest absolute Gasteiger partial charge is 0.362 e. The minimum atomic E-state index is 0.600. The molecule has 9 heteroatoms. The number of aromatic nitrogens is 6. The molecule has 0 spiro atoms. The van der Waals surface area contributed by atoms with E-state index in [9.17, 15) is 0 Å². The molecule has 0 aromatic carbocycles. The molecule has 0 saturated carbocycles. The second kappa shape index (κ2) is 9.01. The van der Waals surface area contributed by atoms with Crippen LogP contribution in [-0.2, 0) is 19.6 Å². The number of hydrogen-bond donors (Lipinski definition) is 2. The van der Waals surface area contributed by atoms with E-state index in [4.69, 9.17) is 12.2 Å². The van der Waals surface area contributed by atoms with Crippen LogP contribution in [0.25, 0.3) is 0 Å². The van der Waals surface area contributed by atoms with E-state index in [1.807, 2.05) is 33.4 Å². The summed E-state index contributed by atoms with van der Waals surface area (Å²) < 4.78 is 5.90. The van der Waals surface area contributed by atoms with E-state index in [-0.39, 0.29) is 0 Å². The van der Waals surface area contributed by atoms with Crippen LogP contribution in [-0.4, -0.2) is 41.0 Å². The van der Waals surface area contributed by atoms with Crippen molar-refractivity contribution in [3.8, 4) is 0 Å². The fourth-order valence-electron chi connectivity index (χ4n) is 3.16. The number of nitrogens with one attached hydrogen (secondary N) is 2. The molecule has 0 radical (unpaired) electrons. The van der Waals surface area contributed by atoms with Gasteiger partial charge in [-0.25, -0.2) is 0 Å². The summed E-state index contributed by atoms with van der Waals surface area (Å²) in [7, 11) is 0. The fraction of sp³-hybridized carbons (Fsp3) is 0.474. The smallest absolute Gasteiger partial charge is 0.170 e. The third kappa shape index (κ3) is 4.98. The van der Waals surface area contributed by atoms with Crippen molar-refractivity contribution in [2.45, 2.75) is 53.8 Å². The lowest BCUT2D eigenvalue weighted by molar-refractivity contribution is 0.558. The van der Waals surface area contributed by atoms with Crippen LogP contribution in [0.5, 0.6) is 0 Å². The molecular weight excluding hydrogens is 372 g/mol. The highest BCUT2D eigenvalue weighted by Gasteiger charge is 2.08. The molecule has 0 aliphatic carbocycles. The quantitative estimate of drug-likeness (QED) is 0.447. The Morgan fingerprint density at radius 1 is 1.14 bits per heavy atom. The first-order valence-electron chi connectivity index (χ1n) is 9.56. The first-order valence-corrected chi connectivity index (χ1v) is 9.96. The maximum absolute atomic E-state index is 5.38. The lowest BCUT2D eigenvalue weighted by atomic mass is 10.2. The summed E-state index contributed by atoms with van der Waals surface area (Å²) in [6, 6.07) is 2.09. The predicted octanol–water partition coefficient (Wildman–Crippen LogP) is 2.65. The minimum Gasteiger partial charge on any atom is -0.362 e. The van der Waals surface area contributed by atoms with Gasteiger partial charge in [0.15, 0.2) is 5.11 Å². The normalized spacial score (nSPS) is 11.0. The summed E-state index contributed by atoms with van der Waals surface area (Å²) >= 11 is 5.38. The van der Waals surface area contributed by atoms with Gasteiger partial charge in [-0.3, -0.25) is 14.0 Å². The predicted molar refractivity (Wildman–Crippen MR) is 115 cm³/mol. The molecule has 0 bridgehead atoms. The van der Waals surface area contributed by atoms with Crippen LogP contribution >= 0.6 is 12.2 Å². The van der Waals surface area contributed by atoms with Gasteiger partial charge in [-0.2, -0.15) is 15.3 Å². The molecule has 8 nitrogen and oxygen atoms in total. The topological polar surface area (TPSA) is 77.5 Å². The van der Waals surface area contributed by atoms with Crippen molar-refractivity contribution >= 4 is 23.0 Å². The Kier molecular flexibility index (Phi) is 6.45. The van der Waals surface area contributed by atoms with E-state index in [2.05, 4.69) is 52.8 Å². The summed E-state index contributed by atoms with van der Waals surface area (Å²) in [5, 5.41) is 20.3. The Morgan fingerprint density at radius 3 is 2.64 bits per heavy atom. The SMILES string of the molecule is CCn1ncc(Cn2cc(NC(=S)NCCCn3nc(C)cc3C)cn2)c1C. The molecule has 0 unspecified atom stereocenters. The highest BCUT2D eigenvalue weighted by atomic mass is 32.1. The van der Waals surface area contributed by atoms with Gasteiger partial charge in [-0.15, -0.1) is 0 Å². The third-order valence-corrected chi connectivity index (χ3v) is 4.91. The van der Waals surface area contributed by atoms with Gasteiger partial charge in [0.2, 0.25) is 0 Å². The maximum atomic E-state index is 5.38. The highest BCUT2D eigenvalue weighted by molar-refractivity contribution is 7.80. The Balaban J connectivity index is 1.43. The lowest BCUT2D eigenvalue weighted by Gasteiger charge is -2.09. The van der Waals surface area contributed by atoms with Gasteiger partial charge in [0.1, 0.15) is 0 Å². The minimum absolute atomic E-state index is 0.600. The zero-order valence-electron chi connectivity index (χ0n) is 16.9. The second-order valence-corrected chi connectivity index (χ2v) is 7.29. The number of nitrogens with zero attached hydrogens (tertiary/aromatic N) is 6. The molecule has 3 rings (SSSR count). The molecule has 0 fully saturated rings. The van der Waals surface area contributed by atoms with E-state index in [1.54, 1.807) is 6.20 Å². The third-order valence-electron chi connectivity index (χ3n) is 4.66. The molecule has 3 aromatic heterocycles. The number of thiocarbonyl (C=S) groups is 1. The monoisotopic (exact) mass is 400 g/mol. The average molecular weight is 401 g/mol. The van der Waals surface area contributed by atoms with Crippen molar-refractivity contribution in [1.29, 1.82) is 0 Å². The van der Waals surface area contributed by atoms with Gasteiger partial charge in [0.05, 0.1) is 30.3 Å². The van der Waals surface area contributed by atoms with Gasteiger partial charge >= 0.3 is 0 Å². The van der Waals surface area contributed by atoms with Crippen LogP contribution < -0.4 is 10.6 Å². The van der Waals surface area contributed by atoms with Crippen LogP contribution in [0.1, 0.15) is 36.0 Å². The fourth-order valence-corrected chi connectivity index (χ4v) is 3.38. The van der Waals surface area contributed by atoms with Gasteiger partial charge < -0.3 is 10.6 Å².